The highest BCUT2D eigenvalue weighted by molar-refractivity contribution is 6.29. The summed E-state index contributed by atoms with van der Waals surface area (Å²) in [5, 5.41) is 6.77. The Morgan fingerprint density at radius 3 is 3.00 bits per heavy atom. The van der Waals surface area contributed by atoms with E-state index in [0.717, 1.165) is 5.71 Å². The van der Waals surface area contributed by atoms with E-state index in [1.54, 1.807) is 6.21 Å². The number of hydrogen-bond donors (Lipinski definition) is 0. The summed E-state index contributed by atoms with van der Waals surface area (Å²) in [6.07, 6.45) is 1.56. The molecule has 3 heteroatoms. The van der Waals surface area contributed by atoms with Gasteiger partial charge in [0.2, 0.25) is 11.9 Å². The molecule has 0 aromatic carbocycles. The lowest BCUT2D eigenvalue weighted by atomic mass is 10.5. The van der Waals surface area contributed by atoms with Crippen LogP contribution < -0.4 is 5.16 Å². The lowest BCUT2D eigenvalue weighted by Crippen LogP contribution is -1.92. The van der Waals surface area contributed by atoms with Crippen LogP contribution in [0.5, 0.6) is 0 Å². The van der Waals surface area contributed by atoms with Crippen molar-refractivity contribution in [3.63, 3.8) is 0 Å². The first kappa shape index (κ1) is 3.33. The fourth-order valence-electron chi connectivity index (χ4n) is 0.211. The molecule has 1 radical (unpaired) electrons. The molecule has 0 aromatic rings. The zero-order valence-corrected chi connectivity index (χ0v) is 3.38. The van der Waals surface area contributed by atoms with Gasteiger partial charge in [-0.1, -0.05) is 0 Å². The minimum atomic E-state index is 0.815. The molecular formula is C3H4N2O+. The molecule has 3 nitrogen and oxygen atoms in total. The molecule has 0 unspecified atom stereocenters. The first-order valence-corrected chi connectivity index (χ1v) is 1.64. The molecule has 1 rings (SSSR count). The molecule has 0 bridgehead atoms. The number of nitrogens with zero attached hydrogens (tertiary/aromatic N) is 2. The first-order valence-electron chi connectivity index (χ1n) is 1.64. The van der Waals surface area contributed by atoms with Crippen LogP contribution in [0.15, 0.2) is 5.16 Å². The van der Waals surface area contributed by atoms with Crippen molar-refractivity contribution in [3.05, 3.63) is 0 Å². The molecule has 0 fully saturated rings. The lowest BCUT2D eigenvalue weighted by Gasteiger charge is -1.51. The van der Waals surface area contributed by atoms with Crippen molar-refractivity contribution in [1.82, 2.24) is 5.16 Å². The molecule has 0 atom stereocenters. The van der Waals surface area contributed by atoms with E-state index in [0.29, 0.717) is 0 Å². The van der Waals surface area contributed by atoms with E-state index < -0.39 is 0 Å². The van der Waals surface area contributed by atoms with Gasteiger partial charge >= 0.3 is 0 Å². The van der Waals surface area contributed by atoms with Gasteiger partial charge in [-0.3, -0.25) is 0 Å². The van der Waals surface area contributed by atoms with Crippen LogP contribution in [0, 0.1) is 0 Å². The third-order valence-electron chi connectivity index (χ3n) is 0.471. The summed E-state index contributed by atoms with van der Waals surface area (Å²) < 4.78 is 0. The summed E-state index contributed by atoms with van der Waals surface area (Å²) in [4.78, 5) is 4.21. The molecule has 0 aliphatic carbocycles. The van der Waals surface area contributed by atoms with E-state index in [-0.39, 0.29) is 0 Å². The van der Waals surface area contributed by atoms with E-state index in [2.05, 4.69) is 15.2 Å². The summed E-state index contributed by atoms with van der Waals surface area (Å²) in [5.41, 5.74) is 0.815. The van der Waals surface area contributed by atoms with Crippen molar-refractivity contribution >= 4 is 11.9 Å². The molecule has 31 valence electrons. The minimum absolute atomic E-state index is 0.815. The van der Waals surface area contributed by atoms with Gasteiger partial charge in [-0.15, -0.1) is 0 Å². The van der Waals surface area contributed by atoms with Crippen LogP contribution in [0.25, 0.3) is 0 Å². The molecule has 0 amide bonds. The van der Waals surface area contributed by atoms with Crippen LogP contribution in [0.3, 0.4) is 0 Å². The van der Waals surface area contributed by atoms with Gasteiger partial charge in [-0.2, -0.15) is 0 Å². The van der Waals surface area contributed by atoms with E-state index >= 15 is 0 Å². The normalized spacial score (nSPS) is 17.2. The summed E-state index contributed by atoms with van der Waals surface area (Å²) >= 11 is 0. The monoisotopic (exact) mass is 84.0 g/mol. The Hall–Kier alpha value is -0.860. The standard InChI is InChI=1S/C3H4N2O/c1-3-2-4-6-5-3/h2H,1H3/q+1. The Morgan fingerprint density at radius 1 is 2.00 bits per heavy atom. The second-order valence-electron chi connectivity index (χ2n) is 1.05. The van der Waals surface area contributed by atoms with Crippen LogP contribution >= 0.6 is 0 Å². The number of rotatable bonds is 0. The predicted molar refractivity (Wildman–Crippen MR) is 22.4 cm³/mol. The van der Waals surface area contributed by atoms with Gasteiger partial charge in [0, 0.05) is 6.92 Å². The van der Waals surface area contributed by atoms with Crippen LogP contribution in [-0.2, 0) is 4.94 Å². The van der Waals surface area contributed by atoms with Gasteiger partial charge in [-0.25, -0.2) is 0 Å². The molecule has 1 aliphatic rings. The second-order valence-corrected chi connectivity index (χ2v) is 1.05. The summed E-state index contributed by atoms with van der Waals surface area (Å²) in [6.45, 7) is 1.82. The lowest BCUT2D eigenvalue weighted by molar-refractivity contribution is 0.117. The Labute approximate surface area is 35.3 Å². The molecule has 0 N–H and O–H groups in total. The fourth-order valence-corrected chi connectivity index (χ4v) is 0.211. The van der Waals surface area contributed by atoms with E-state index in [1.165, 1.54) is 0 Å². The van der Waals surface area contributed by atoms with Crippen molar-refractivity contribution in [2.45, 2.75) is 6.92 Å². The van der Waals surface area contributed by atoms with Gasteiger partial charge in [0.15, 0.2) is 10.3 Å². The average Bonchev–Trinajstić information content (AvgIpc) is 1.86. The number of hydrogen-bond acceptors (Lipinski definition) is 3. The third-order valence-corrected chi connectivity index (χ3v) is 0.471. The highest BCUT2D eigenvalue weighted by Crippen LogP contribution is 1.74. The summed E-state index contributed by atoms with van der Waals surface area (Å²) in [5.74, 6) is 0. The van der Waals surface area contributed by atoms with Crippen LogP contribution in [0.2, 0.25) is 0 Å². The zero-order valence-electron chi connectivity index (χ0n) is 3.38. The van der Waals surface area contributed by atoms with Crippen molar-refractivity contribution in [2.75, 3.05) is 0 Å². The average molecular weight is 84.1 g/mol. The maximum atomic E-state index is 4.21. The maximum absolute atomic E-state index is 4.21. The molecule has 1 aliphatic heterocycles. The predicted octanol–water partition coefficient (Wildman–Crippen LogP) is -0.286. The van der Waals surface area contributed by atoms with Gasteiger partial charge in [0.1, 0.15) is 0 Å². The van der Waals surface area contributed by atoms with E-state index in [4.69, 9.17) is 0 Å². The smallest absolute Gasteiger partial charge is 0.0374 e. The third kappa shape index (κ3) is 0.381. The quantitative estimate of drug-likeness (QED) is 0.397. The first-order chi connectivity index (χ1) is 2.89. The highest BCUT2D eigenvalue weighted by Gasteiger charge is 2.05. The summed E-state index contributed by atoms with van der Waals surface area (Å²) in [7, 11) is 0. The van der Waals surface area contributed by atoms with Gasteiger partial charge in [-0.05, 0) is 4.94 Å². The second kappa shape index (κ2) is 1.08. The Bertz CT molecular complexity index is 103. The van der Waals surface area contributed by atoms with Gasteiger partial charge in [0.05, 0.1) is 0 Å². The molecular weight excluding hydrogens is 80.0 g/mol. The van der Waals surface area contributed by atoms with Crippen molar-refractivity contribution < 1.29 is 4.94 Å². The van der Waals surface area contributed by atoms with E-state index in [1.807, 2.05) is 6.92 Å². The van der Waals surface area contributed by atoms with Crippen LogP contribution in [-0.4, -0.2) is 11.9 Å². The zero-order chi connectivity index (χ0) is 4.41. The highest BCUT2D eigenvalue weighted by atomic mass is 16.8. The molecule has 1 heterocycles. The largest absolute Gasteiger partial charge is 0.245 e. The molecule has 6 heavy (non-hydrogen) atoms. The van der Waals surface area contributed by atoms with Crippen molar-refractivity contribution in [3.8, 4) is 0 Å². The minimum Gasteiger partial charge on any atom is -0.0374 e. The molecule has 0 aromatic heterocycles. The Morgan fingerprint density at radius 2 is 2.83 bits per heavy atom. The van der Waals surface area contributed by atoms with E-state index in [9.17, 15) is 0 Å². The molecule has 0 spiro atoms. The molecule has 0 saturated carbocycles. The van der Waals surface area contributed by atoms with Crippen molar-refractivity contribution in [1.29, 1.82) is 0 Å². The van der Waals surface area contributed by atoms with Crippen LogP contribution in [0.4, 0.5) is 0 Å². The Kier molecular flexibility index (Phi) is 0.602. The van der Waals surface area contributed by atoms with Crippen molar-refractivity contribution in [2.24, 2.45) is 5.16 Å². The van der Waals surface area contributed by atoms with Crippen LogP contribution in [0.1, 0.15) is 6.92 Å². The van der Waals surface area contributed by atoms with Gasteiger partial charge < -0.3 is 0 Å². The Balaban J connectivity index is 2.68. The maximum Gasteiger partial charge on any atom is 0.245 e. The number of oxime groups is 2. The topological polar surface area (TPSA) is 35.7 Å². The summed E-state index contributed by atoms with van der Waals surface area (Å²) in [6, 6.07) is 0. The van der Waals surface area contributed by atoms with Gasteiger partial charge in [0.25, 0.3) is 0 Å². The SMILES string of the molecule is CC1=[N+]ON=C1. The fraction of sp³-hybridized carbons (Fsp3) is 0.333. The molecule has 0 saturated heterocycles.